The van der Waals surface area contributed by atoms with Crippen molar-refractivity contribution in [1.29, 1.82) is 0 Å². The Bertz CT molecular complexity index is 877. The van der Waals surface area contributed by atoms with Crippen LogP contribution < -0.4 is 5.32 Å². The van der Waals surface area contributed by atoms with Crippen molar-refractivity contribution < 1.29 is 4.79 Å². The highest BCUT2D eigenvalue weighted by Crippen LogP contribution is 2.49. The molecule has 0 spiro atoms. The first-order valence-electron chi connectivity index (χ1n) is 8.65. The summed E-state index contributed by atoms with van der Waals surface area (Å²) in [6.07, 6.45) is 2.56. The topological polar surface area (TPSA) is 29.1 Å². The number of anilines is 1. The van der Waals surface area contributed by atoms with Gasteiger partial charge in [0.15, 0.2) is 0 Å². The van der Waals surface area contributed by atoms with Crippen LogP contribution in [0.3, 0.4) is 0 Å². The lowest BCUT2D eigenvalue weighted by Crippen LogP contribution is -2.12. The molecule has 3 aromatic rings. The second-order valence-corrected chi connectivity index (χ2v) is 6.61. The molecule has 0 radical (unpaired) electrons. The van der Waals surface area contributed by atoms with E-state index in [1.54, 1.807) is 0 Å². The minimum Gasteiger partial charge on any atom is -0.322 e. The lowest BCUT2D eigenvalue weighted by Gasteiger charge is -2.09. The van der Waals surface area contributed by atoms with Crippen LogP contribution in [0.1, 0.15) is 41.6 Å². The summed E-state index contributed by atoms with van der Waals surface area (Å²) in [7, 11) is 0. The number of rotatable bonds is 4. The molecule has 1 aliphatic carbocycles. The van der Waals surface area contributed by atoms with E-state index in [2.05, 4.69) is 24.4 Å². The van der Waals surface area contributed by atoms with Crippen molar-refractivity contribution in [3.05, 3.63) is 77.9 Å². The summed E-state index contributed by atoms with van der Waals surface area (Å²) in [5.41, 5.74) is 2.96. The fourth-order valence-electron chi connectivity index (χ4n) is 3.54. The normalized spacial score (nSPS) is 19.2. The highest BCUT2D eigenvalue weighted by atomic mass is 16.1. The number of hydrogen-bond acceptors (Lipinski definition) is 1. The van der Waals surface area contributed by atoms with Gasteiger partial charge in [-0.25, -0.2) is 0 Å². The van der Waals surface area contributed by atoms with Crippen molar-refractivity contribution in [3.63, 3.8) is 0 Å². The van der Waals surface area contributed by atoms with E-state index in [1.807, 2.05) is 54.6 Å². The molecule has 1 aliphatic rings. The molecule has 1 amide bonds. The van der Waals surface area contributed by atoms with Crippen LogP contribution in [-0.4, -0.2) is 5.91 Å². The Kier molecular flexibility index (Phi) is 3.81. The number of benzene rings is 3. The Hall–Kier alpha value is -2.61. The van der Waals surface area contributed by atoms with Gasteiger partial charge < -0.3 is 5.32 Å². The highest BCUT2D eigenvalue weighted by Gasteiger charge is 2.36. The monoisotopic (exact) mass is 315 g/mol. The van der Waals surface area contributed by atoms with Crippen LogP contribution >= 0.6 is 0 Å². The molecule has 4 rings (SSSR count). The van der Waals surface area contributed by atoms with Gasteiger partial charge in [0.25, 0.3) is 5.91 Å². The van der Waals surface area contributed by atoms with Crippen molar-refractivity contribution in [2.24, 2.45) is 5.92 Å². The fraction of sp³-hybridized carbons (Fsp3) is 0.227. The molecule has 120 valence electrons. The molecule has 3 aromatic carbocycles. The van der Waals surface area contributed by atoms with Crippen LogP contribution in [0.4, 0.5) is 5.69 Å². The van der Waals surface area contributed by atoms with E-state index in [0.29, 0.717) is 5.56 Å². The van der Waals surface area contributed by atoms with Crippen LogP contribution in [0.2, 0.25) is 0 Å². The summed E-state index contributed by atoms with van der Waals surface area (Å²) in [6, 6.07) is 22.1. The van der Waals surface area contributed by atoms with Crippen LogP contribution in [0.15, 0.2) is 66.7 Å². The predicted octanol–water partition coefficient (Wildman–Crippen LogP) is 5.61. The summed E-state index contributed by atoms with van der Waals surface area (Å²) < 4.78 is 0. The first-order chi connectivity index (χ1) is 11.8. The Balaban J connectivity index is 1.53. The molecule has 0 aromatic heterocycles. The molecule has 1 fully saturated rings. The Morgan fingerprint density at radius 3 is 2.50 bits per heavy atom. The Morgan fingerprint density at radius 1 is 1.00 bits per heavy atom. The van der Waals surface area contributed by atoms with Gasteiger partial charge >= 0.3 is 0 Å². The number of carbonyl (C=O) groups is 1. The van der Waals surface area contributed by atoms with Gasteiger partial charge in [-0.2, -0.15) is 0 Å². The van der Waals surface area contributed by atoms with Gasteiger partial charge in [0, 0.05) is 11.3 Å². The van der Waals surface area contributed by atoms with Crippen molar-refractivity contribution in [1.82, 2.24) is 0 Å². The predicted molar refractivity (Wildman–Crippen MR) is 99.5 cm³/mol. The van der Waals surface area contributed by atoms with Gasteiger partial charge in [-0.3, -0.25) is 4.79 Å². The lowest BCUT2D eigenvalue weighted by molar-refractivity contribution is 0.102. The number of amides is 1. The van der Waals surface area contributed by atoms with E-state index in [0.717, 1.165) is 28.3 Å². The summed E-state index contributed by atoms with van der Waals surface area (Å²) in [4.78, 5) is 12.6. The largest absolute Gasteiger partial charge is 0.322 e. The van der Waals surface area contributed by atoms with Crippen molar-refractivity contribution in [2.75, 3.05) is 5.32 Å². The first kappa shape index (κ1) is 14.9. The van der Waals surface area contributed by atoms with Gasteiger partial charge in [-0.1, -0.05) is 61.9 Å². The van der Waals surface area contributed by atoms with Crippen LogP contribution in [-0.2, 0) is 0 Å². The second-order valence-electron chi connectivity index (χ2n) is 6.61. The van der Waals surface area contributed by atoms with Crippen molar-refractivity contribution in [2.45, 2.75) is 25.7 Å². The molecule has 24 heavy (non-hydrogen) atoms. The Labute approximate surface area is 142 Å². The quantitative estimate of drug-likeness (QED) is 0.666. The van der Waals surface area contributed by atoms with Gasteiger partial charge in [-0.05, 0) is 52.8 Å². The molecular formula is C22H21NO. The smallest absolute Gasteiger partial charge is 0.256 e. The zero-order chi connectivity index (χ0) is 16.5. The molecule has 2 nitrogen and oxygen atoms in total. The molecule has 1 N–H and O–H groups in total. The van der Waals surface area contributed by atoms with E-state index >= 15 is 0 Å². The zero-order valence-corrected chi connectivity index (χ0v) is 13.8. The maximum atomic E-state index is 12.6. The molecule has 0 bridgehead atoms. The van der Waals surface area contributed by atoms with E-state index in [-0.39, 0.29) is 5.91 Å². The number of nitrogens with one attached hydrogen (secondary N) is 1. The summed E-state index contributed by atoms with van der Waals surface area (Å²) >= 11 is 0. The van der Waals surface area contributed by atoms with Gasteiger partial charge in [-0.15, -0.1) is 0 Å². The van der Waals surface area contributed by atoms with E-state index in [9.17, 15) is 4.79 Å². The molecule has 2 heteroatoms. The van der Waals surface area contributed by atoms with Crippen LogP contribution in [0.25, 0.3) is 10.8 Å². The summed E-state index contributed by atoms with van der Waals surface area (Å²) in [6.45, 7) is 2.25. The van der Waals surface area contributed by atoms with E-state index < -0.39 is 0 Å². The molecule has 0 aliphatic heterocycles. The van der Waals surface area contributed by atoms with Crippen molar-refractivity contribution >= 4 is 22.4 Å². The number of carbonyl (C=O) groups excluding carboxylic acids is 1. The summed E-state index contributed by atoms with van der Waals surface area (Å²) in [5, 5.41) is 5.09. The molecule has 0 saturated heterocycles. The highest BCUT2D eigenvalue weighted by molar-refractivity contribution is 6.12. The summed E-state index contributed by atoms with van der Waals surface area (Å²) in [5.74, 6) is 1.51. The van der Waals surface area contributed by atoms with Gasteiger partial charge in [0.2, 0.25) is 0 Å². The molecule has 0 heterocycles. The molecule has 2 atom stereocenters. The van der Waals surface area contributed by atoms with Gasteiger partial charge in [0.1, 0.15) is 0 Å². The third-order valence-corrected chi connectivity index (χ3v) is 5.08. The number of fused-ring (bicyclic) bond motifs is 1. The lowest BCUT2D eigenvalue weighted by atomic mass is 10.0. The van der Waals surface area contributed by atoms with Gasteiger partial charge in [0.05, 0.1) is 0 Å². The maximum absolute atomic E-state index is 12.6. The molecule has 1 unspecified atom stereocenters. The molecule has 1 saturated carbocycles. The minimum atomic E-state index is -0.0580. The Morgan fingerprint density at radius 2 is 1.75 bits per heavy atom. The third-order valence-electron chi connectivity index (χ3n) is 5.08. The number of hydrogen-bond donors (Lipinski definition) is 1. The second kappa shape index (κ2) is 6.12. The van der Waals surface area contributed by atoms with Crippen LogP contribution in [0.5, 0.6) is 0 Å². The minimum absolute atomic E-state index is 0.0580. The van der Waals surface area contributed by atoms with Crippen LogP contribution in [0, 0.1) is 5.92 Å². The van der Waals surface area contributed by atoms with E-state index in [1.165, 1.54) is 18.4 Å². The average molecular weight is 315 g/mol. The maximum Gasteiger partial charge on any atom is 0.256 e. The fourth-order valence-corrected chi connectivity index (χ4v) is 3.54. The van der Waals surface area contributed by atoms with Crippen molar-refractivity contribution in [3.8, 4) is 0 Å². The standard InChI is InChI=1S/C22H21NO/c1-2-15-14-21(15)17-10-12-18(13-11-17)23-22(24)20-9-5-7-16-6-3-4-8-19(16)20/h3-13,15,21H,2,14H2,1H3,(H,23,24)/t15-,21?/m0/s1. The SMILES string of the molecule is CC[C@H]1CC1c1ccc(NC(=O)c2cccc3ccccc23)cc1. The zero-order valence-electron chi connectivity index (χ0n) is 13.8. The molecular weight excluding hydrogens is 294 g/mol. The van der Waals surface area contributed by atoms with E-state index in [4.69, 9.17) is 0 Å². The average Bonchev–Trinajstić information content (AvgIpc) is 3.41. The first-order valence-corrected chi connectivity index (χ1v) is 8.65. The third kappa shape index (κ3) is 2.80.